The second-order valence-corrected chi connectivity index (χ2v) is 11.5. The Balaban J connectivity index is 1.28. The normalized spacial score (nSPS) is 21.0. The van der Waals surface area contributed by atoms with Crippen LogP contribution in [0.5, 0.6) is 0 Å². The Morgan fingerprint density at radius 1 is 1.03 bits per heavy atom. The monoisotopic (exact) mass is 447 g/mol. The van der Waals surface area contributed by atoms with Gasteiger partial charge in [-0.25, -0.2) is 8.42 Å². The first kappa shape index (κ1) is 21.5. The van der Waals surface area contributed by atoms with E-state index >= 15 is 0 Å². The van der Waals surface area contributed by atoms with Crippen LogP contribution in [0.4, 0.5) is 0 Å². The van der Waals surface area contributed by atoms with Gasteiger partial charge < -0.3 is 5.32 Å². The van der Waals surface area contributed by atoms with Crippen molar-refractivity contribution < 1.29 is 13.2 Å². The van der Waals surface area contributed by atoms with Crippen molar-refractivity contribution in [2.24, 2.45) is 0 Å². The van der Waals surface area contributed by atoms with Crippen molar-refractivity contribution in [3.8, 4) is 0 Å². The van der Waals surface area contributed by atoms with Gasteiger partial charge >= 0.3 is 0 Å². The molecule has 4 rings (SSSR count). The topological polar surface area (TPSA) is 69.7 Å². The first-order valence-electron chi connectivity index (χ1n) is 10.7. The van der Waals surface area contributed by atoms with Crippen LogP contribution >= 0.6 is 11.3 Å². The zero-order valence-electron chi connectivity index (χ0n) is 17.1. The lowest BCUT2D eigenvalue weighted by Gasteiger charge is -2.25. The first-order chi connectivity index (χ1) is 14.5. The number of carbonyl (C=O) groups is 1. The predicted octanol–water partition coefficient (Wildman–Crippen LogP) is 2.86. The molecule has 1 N–H and O–H groups in total. The predicted molar refractivity (Wildman–Crippen MR) is 119 cm³/mol. The minimum Gasteiger partial charge on any atom is -0.352 e. The fourth-order valence-electron chi connectivity index (χ4n) is 4.20. The molecule has 0 bridgehead atoms. The summed E-state index contributed by atoms with van der Waals surface area (Å²) in [6.07, 6.45) is 4.10. The van der Waals surface area contributed by atoms with Crippen molar-refractivity contribution in [1.82, 2.24) is 14.5 Å². The maximum absolute atomic E-state index is 12.8. The van der Waals surface area contributed by atoms with E-state index in [0.29, 0.717) is 17.3 Å². The summed E-state index contributed by atoms with van der Waals surface area (Å²) in [7, 11) is -3.42. The lowest BCUT2D eigenvalue weighted by atomic mass is 10.2. The second-order valence-electron chi connectivity index (χ2n) is 8.14. The smallest absolute Gasteiger partial charge is 0.252 e. The Morgan fingerprint density at radius 3 is 2.57 bits per heavy atom. The van der Waals surface area contributed by atoms with Crippen LogP contribution in [0.15, 0.2) is 46.7 Å². The van der Waals surface area contributed by atoms with Crippen LogP contribution < -0.4 is 5.32 Å². The molecule has 2 fully saturated rings. The third-order valence-corrected chi connectivity index (χ3v) is 9.22. The average molecular weight is 448 g/mol. The van der Waals surface area contributed by atoms with E-state index in [9.17, 15) is 13.2 Å². The number of likely N-dealkylation sites (tertiary alicyclic amines) is 1. The zero-order chi connectivity index (χ0) is 21.0. The van der Waals surface area contributed by atoms with Crippen LogP contribution in [-0.4, -0.2) is 55.8 Å². The van der Waals surface area contributed by atoms with Crippen molar-refractivity contribution in [3.05, 3.63) is 52.9 Å². The highest BCUT2D eigenvalue weighted by molar-refractivity contribution is 7.91. The van der Waals surface area contributed by atoms with E-state index in [1.165, 1.54) is 16.9 Å². The highest BCUT2D eigenvalue weighted by Crippen LogP contribution is 2.27. The molecule has 30 heavy (non-hydrogen) atoms. The van der Waals surface area contributed by atoms with Crippen LogP contribution in [-0.2, 0) is 27.8 Å². The minimum absolute atomic E-state index is 0.0367. The summed E-state index contributed by atoms with van der Waals surface area (Å²) in [6.45, 7) is 3.90. The Morgan fingerprint density at radius 2 is 1.80 bits per heavy atom. The largest absolute Gasteiger partial charge is 0.352 e. The number of benzene rings is 1. The molecule has 0 saturated carbocycles. The fraction of sp³-hybridized carbons (Fsp3) is 0.500. The van der Waals surface area contributed by atoms with Gasteiger partial charge in [0.15, 0.2) is 0 Å². The Labute approximate surface area is 182 Å². The van der Waals surface area contributed by atoms with Crippen LogP contribution in [0.25, 0.3) is 0 Å². The summed E-state index contributed by atoms with van der Waals surface area (Å²) in [5, 5.41) is 3.12. The van der Waals surface area contributed by atoms with E-state index in [2.05, 4.69) is 22.3 Å². The van der Waals surface area contributed by atoms with Gasteiger partial charge in [-0.15, -0.1) is 11.3 Å². The summed E-state index contributed by atoms with van der Waals surface area (Å²) in [5.41, 5.74) is 1.28. The van der Waals surface area contributed by atoms with Gasteiger partial charge in [0.25, 0.3) is 10.0 Å². The van der Waals surface area contributed by atoms with Crippen molar-refractivity contribution >= 4 is 27.3 Å². The number of hydrogen-bond acceptors (Lipinski definition) is 5. The fourth-order valence-corrected chi connectivity index (χ4v) is 7.22. The standard InChI is InChI=1S/C22H29N3O3S2/c26-21(23-19-11-14-24(17-19)16-18-7-3-1-4-8-18)15-20-9-10-22(29-20)30(27,28)25-12-5-2-6-13-25/h1,3-4,7-10,19H,2,5-6,11-17H2,(H,23,26). The third-order valence-electron chi connectivity index (χ3n) is 5.77. The van der Waals surface area contributed by atoms with Gasteiger partial charge in [0.1, 0.15) is 4.21 Å². The second kappa shape index (κ2) is 9.60. The molecule has 0 spiro atoms. The number of thiophene rings is 1. The van der Waals surface area contributed by atoms with Crippen molar-refractivity contribution in [2.75, 3.05) is 26.2 Å². The first-order valence-corrected chi connectivity index (χ1v) is 12.9. The van der Waals surface area contributed by atoms with E-state index in [-0.39, 0.29) is 18.4 Å². The van der Waals surface area contributed by atoms with E-state index in [1.54, 1.807) is 16.4 Å². The Kier molecular flexibility index (Phi) is 6.87. The maximum Gasteiger partial charge on any atom is 0.252 e. The van der Waals surface area contributed by atoms with E-state index in [0.717, 1.165) is 50.2 Å². The van der Waals surface area contributed by atoms with Gasteiger partial charge in [-0.2, -0.15) is 4.31 Å². The molecule has 0 radical (unpaired) electrons. The molecular weight excluding hydrogens is 418 g/mol. The van der Waals surface area contributed by atoms with Gasteiger partial charge in [0.05, 0.1) is 6.42 Å². The van der Waals surface area contributed by atoms with Crippen LogP contribution in [0.1, 0.15) is 36.1 Å². The van der Waals surface area contributed by atoms with Gasteiger partial charge in [-0.1, -0.05) is 36.8 Å². The molecule has 2 aliphatic heterocycles. The lowest BCUT2D eigenvalue weighted by molar-refractivity contribution is -0.121. The number of sulfonamides is 1. The van der Waals surface area contributed by atoms with Crippen molar-refractivity contribution in [1.29, 1.82) is 0 Å². The summed E-state index contributed by atoms with van der Waals surface area (Å²) in [4.78, 5) is 15.7. The third kappa shape index (κ3) is 5.29. The Hall–Kier alpha value is -1.74. The summed E-state index contributed by atoms with van der Waals surface area (Å²) >= 11 is 1.22. The summed E-state index contributed by atoms with van der Waals surface area (Å²) < 4.78 is 27.5. The number of rotatable bonds is 7. The summed E-state index contributed by atoms with van der Waals surface area (Å²) in [6, 6.07) is 13.9. The van der Waals surface area contributed by atoms with E-state index in [1.807, 2.05) is 18.2 Å². The maximum atomic E-state index is 12.8. The van der Waals surface area contributed by atoms with Crippen LogP contribution in [0.2, 0.25) is 0 Å². The van der Waals surface area contributed by atoms with E-state index in [4.69, 9.17) is 0 Å². The number of carbonyl (C=O) groups excluding carboxylic acids is 1. The zero-order valence-corrected chi connectivity index (χ0v) is 18.8. The van der Waals surface area contributed by atoms with Crippen LogP contribution in [0.3, 0.4) is 0 Å². The van der Waals surface area contributed by atoms with Gasteiger partial charge in [0.2, 0.25) is 5.91 Å². The van der Waals surface area contributed by atoms with Gasteiger partial charge in [-0.3, -0.25) is 9.69 Å². The molecule has 2 aromatic rings. The number of amides is 1. The average Bonchev–Trinajstić information content (AvgIpc) is 3.39. The molecule has 162 valence electrons. The molecule has 1 aromatic heterocycles. The lowest BCUT2D eigenvalue weighted by Crippen LogP contribution is -2.37. The molecule has 1 atom stereocenters. The molecule has 1 aromatic carbocycles. The number of nitrogens with one attached hydrogen (secondary N) is 1. The minimum atomic E-state index is -3.42. The van der Waals surface area contributed by atoms with Crippen LogP contribution in [0, 0.1) is 0 Å². The highest BCUT2D eigenvalue weighted by atomic mass is 32.2. The highest BCUT2D eigenvalue weighted by Gasteiger charge is 2.28. The number of hydrogen-bond donors (Lipinski definition) is 1. The molecule has 2 aliphatic rings. The quantitative estimate of drug-likeness (QED) is 0.709. The SMILES string of the molecule is O=C(Cc1ccc(S(=O)(=O)N2CCCCC2)s1)NC1CCN(Cc2ccccc2)C1. The van der Waals surface area contributed by atoms with Gasteiger partial charge in [0, 0.05) is 43.6 Å². The van der Waals surface area contributed by atoms with Crippen molar-refractivity contribution in [2.45, 2.75) is 48.9 Å². The molecule has 0 aliphatic carbocycles. The van der Waals surface area contributed by atoms with Gasteiger partial charge in [-0.05, 0) is 37.0 Å². The number of piperidine rings is 1. The molecule has 1 amide bonds. The Bertz CT molecular complexity index is 953. The number of nitrogens with zero attached hydrogens (tertiary/aromatic N) is 2. The molecular formula is C22H29N3O3S2. The van der Waals surface area contributed by atoms with Crippen molar-refractivity contribution in [3.63, 3.8) is 0 Å². The molecule has 3 heterocycles. The molecule has 8 heteroatoms. The molecule has 6 nitrogen and oxygen atoms in total. The van der Waals surface area contributed by atoms with E-state index < -0.39 is 10.0 Å². The molecule has 1 unspecified atom stereocenters. The summed E-state index contributed by atoms with van der Waals surface area (Å²) in [5.74, 6) is -0.0367. The molecule has 2 saturated heterocycles.